The minimum atomic E-state index is 0.284. The smallest absolute Gasteiger partial charge is 0.258 e. The summed E-state index contributed by atoms with van der Waals surface area (Å²) >= 11 is 7.21. The van der Waals surface area contributed by atoms with Crippen LogP contribution < -0.4 is 0 Å². The van der Waals surface area contributed by atoms with E-state index in [4.69, 9.17) is 16.1 Å². The maximum absolute atomic E-state index is 5.55. The van der Waals surface area contributed by atoms with E-state index in [0.29, 0.717) is 11.7 Å². The van der Waals surface area contributed by atoms with E-state index in [0.717, 1.165) is 5.56 Å². The SMILES string of the molecule is Cc1cc(-c2nc(CCl)no2)cs1. The first-order chi connectivity index (χ1) is 6.29. The van der Waals surface area contributed by atoms with Crippen LogP contribution in [-0.2, 0) is 5.88 Å². The lowest BCUT2D eigenvalue weighted by molar-refractivity contribution is 0.425. The number of aryl methyl sites for hydroxylation is 1. The maximum Gasteiger partial charge on any atom is 0.258 e. The van der Waals surface area contributed by atoms with E-state index < -0.39 is 0 Å². The second-order valence-corrected chi connectivity index (χ2v) is 3.98. The molecule has 0 amide bonds. The van der Waals surface area contributed by atoms with Gasteiger partial charge in [0.1, 0.15) is 0 Å². The average molecular weight is 215 g/mol. The van der Waals surface area contributed by atoms with Gasteiger partial charge >= 0.3 is 0 Å². The molecule has 0 spiro atoms. The number of rotatable bonds is 2. The molecule has 3 nitrogen and oxygen atoms in total. The van der Waals surface area contributed by atoms with Crippen molar-refractivity contribution in [1.82, 2.24) is 10.1 Å². The van der Waals surface area contributed by atoms with Gasteiger partial charge in [-0.05, 0) is 13.0 Å². The lowest BCUT2D eigenvalue weighted by atomic mass is 10.3. The molecule has 2 rings (SSSR count). The van der Waals surface area contributed by atoms with Gasteiger partial charge in [-0.2, -0.15) is 4.98 Å². The molecule has 5 heteroatoms. The van der Waals surface area contributed by atoms with E-state index in [2.05, 4.69) is 10.1 Å². The first-order valence-electron chi connectivity index (χ1n) is 3.73. The molecule has 0 unspecified atom stereocenters. The van der Waals surface area contributed by atoms with Crippen molar-refractivity contribution in [3.8, 4) is 11.5 Å². The second-order valence-electron chi connectivity index (χ2n) is 2.60. The molecule has 0 aliphatic heterocycles. The van der Waals surface area contributed by atoms with E-state index >= 15 is 0 Å². The summed E-state index contributed by atoms with van der Waals surface area (Å²) in [7, 11) is 0. The van der Waals surface area contributed by atoms with Crippen molar-refractivity contribution in [3.05, 3.63) is 22.1 Å². The summed E-state index contributed by atoms with van der Waals surface area (Å²) < 4.78 is 5.02. The number of thiophene rings is 1. The van der Waals surface area contributed by atoms with E-state index in [1.54, 1.807) is 11.3 Å². The Labute approximate surface area is 84.3 Å². The zero-order valence-corrected chi connectivity index (χ0v) is 8.52. The van der Waals surface area contributed by atoms with E-state index in [9.17, 15) is 0 Å². The zero-order valence-electron chi connectivity index (χ0n) is 6.95. The van der Waals surface area contributed by atoms with Crippen LogP contribution in [0.1, 0.15) is 10.7 Å². The highest BCUT2D eigenvalue weighted by molar-refractivity contribution is 7.10. The van der Waals surface area contributed by atoms with Crippen LogP contribution >= 0.6 is 22.9 Å². The fraction of sp³-hybridized carbons (Fsp3) is 0.250. The van der Waals surface area contributed by atoms with Gasteiger partial charge in [0.15, 0.2) is 5.82 Å². The van der Waals surface area contributed by atoms with Crippen molar-refractivity contribution in [2.75, 3.05) is 0 Å². The summed E-state index contributed by atoms with van der Waals surface area (Å²) in [4.78, 5) is 5.33. The van der Waals surface area contributed by atoms with Crippen LogP contribution in [0.5, 0.6) is 0 Å². The van der Waals surface area contributed by atoms with Crippen LogP contribution in [0.3, 0.4) is 0 Å². The second kappa shape index (κ2) is 3.47. The predicted octanol–water partition coefficient (Wildman–Crippen LogP) is 2.85. The summed E-state index contributed by atoms with van der Waals surface area (Å²) in [6.45, 7) is 2.03. The summed E-state index contributed by atoms with van der Waals surface area (Å²) in [5.41, 5.74) is 0.964. The molecule has 2 aromatic heterocycles. The van der Waals surface area contributed by atoms with Crippen molar-refractivity contribution in [3.63, 3.8) is 0 Å². The van der Waals surface area contributed by atoms with Crippen molar-refractivity contribution in [2.24, 2.45) is 0 Å². The molecule has 0 N–H and O–H groups in total. The number of halogens is 1. The molecule has 0 aliphatic carbocycles. The van der Waals surface area contributed by atoms with Crippen LogP contribution in [0.15, 0.2) is 16.0 Å². The van der Waals surface area contributed by atoms with Gasteiger partial charge in [0.05, 0.1) is 11.4 Å². The molecule has 0 saturated heterocycles. The summed E-state index contributed by atoms with van der Waals surface area (Å²) in [5, 5.41) is 5.69. The maximum atomic E-state index is 5.55. The van der Waals surface area contributed by atoms with Gasteiger partial charge in [0.25, 0.3) is 5.89 Å². The molecular weight excluding hydrogens is 208 g/mol. The lowest BCUT2D eigenvalue weighted by Crippen LogP contribution is -1.78. The van der Waals surface area contributed by atoms with Crippen molar-refractivity contribution < 1.29 is 4.52 Å². The van der Waals surface area contributed by atoms with Crippen LogP contribution in [0.25, 0.3) is 11.5 Å². The molecule has 13 heavy (non-hydrogen) atoms. The Morgan fingerprint density at radius 1 is 1.62 bits per heavy atom. The van der Waals surface area contributed by atoms with Crippen molar-refractivity contribution >= 4 is 22.9 Å². The van der Waals surface area contributed by atoms with Gasteiger partial charge in [-0.15, -0.1) is 22.9 Å². The topological polar surface area (TPSA) is 38.9 Å². The Morgan fingerprint density at radius 2 is 2.46 bits per heavy atom. The van der Waals surface area contributed by atoms with Crippen LogP contribution in [0.4, 0.5) is 0 Å². The quantitative estimate of drug-likeness (QED) is 0.722. The molecular formula is C8H7ClN2OS. The Morgan fingerprint density at radius 3 is 3.00 bits per heavy atom. The molecule has 0 bridgehead atoms. The van der Waals surface area contributed by atoms with Crippen molar-refractivity contribution in [1.29, 1.82) is 0 Å². The minimum absolute atomic E-state index is 0.284. The number of alkyl halides is 1. The molecule has 0 fully saturated rings. The number of nitrogens with zero attached hydrogens (tertiary/aromatic N) is 2. The molecule has 2 aromatic rings. The lowest BCUT2D eigenvalue weighted by Gasteiger charge is -1.82. The number of hydrogen-bond acceptors (Lipinski definition) is 4. The Bertz CT molecular complexity index is 410. The van der Waals surface area contributed by atoms with Crippen LogP contribution in [-0.4, -0.2) is 10.1 Å². The molecule has 0 radical (unpaired) electrons. The predicted molar refractivity (Wildman–Crippen MR) is 51.9 cm³/mol. The van der Waals surface area contributed by atoms with Crippen molar-refractivity contribution in [2.45, 2.75) is 12.8 Å². The third-order valence-electron chi connectivity index (χ3n) is 1.57. The van der Waals surface area contributed by atoms with Crippen LogP contribution in [0, 0.1) is 6.92 Å². The monoisotopic (exact) mass is 214 g/mol. The molecule has 0 aliphatic rings. The molecule has 0 atom stereocenters. The Hall–Kier alpha value is -0.870. The fourth-order valence-corrected chi connectivity index (χ4v) is 1.77. The van der Waals surface area contributed by atoms with Gasteiger partial charge in [-0.1, -0.05) is 5.16 Å². The van der Waals surface area contributed by atoms with Gasteiger partial charge < -0.3 is 4.52 Å². The van der Waals surface area contributed by atoms with E-state index in [-0.39, 0.29) is 5.88 Å². The largest absolute Gasteiger partial charge is 0.334 e. The molecule has 68 valence electrons. The first-order valence-corrected chi connectivity index (χ1v) is 5.15. The third-order valence-corrected chi connectivity index (χ3v) is 2.67. The fourth-order valence-electron chi connectivity index (χ4n) is 0.981. The highest BCUT2D eigenvalue weighted by atomic mass is 35.5. The van der Waals surface area contributed by atoms with Gasteiger partial charge in [-0.3, -0.25) is 0 Å². The summed E-state index contributed by atoms with van der Waals surface area (Å²) in [6.07, 6.45) is 0. The summed E-state index contributed by atoms with van der Waals surface area (Å²) in [5.74, 6) is 1.35. The number of aromatic nitrogens is 2. The minimum Gasteiger partial charge on any atom is -0.334 e. The average Bonchev–Trinajstić information content (AvgIpc) is 2.71. The standard InChI is InChI=1S/C8H7ClN2OS/c1-5-2-6(4-13-5)8-10-7(3-9)11-12-8/h2,4H,3H2,1H3. The Kier molecular flexibility index (Phi) is 2.33. The highest BCUT2D eigenvalue weighted by Gasteiger charge is 2.08. The normalized spacial score (nSPS) is 10.6. The molecule has 0 aromatic carbocycles. The molecule has 0 saturated carbocycles. The van der Waals surface area contributed by atoms with Gasteiger partial charge in [0, 0.05) is 10.3 Å². The third kappa shape index (κ3) is 1.73. The zero-order chi connectivity index (χ0) is 9.26. The van der Waals surface area contributed by atoms with E-state index in [1.807, 2.05) is 18.4 Å². The molecule has 2 heterocycles. The van der Waals surface area contributed by atoms with Gasteiger partial charge in [-0.25, -0.2) is 0 Å². The summed E-state index contributed by atoms with van der Waals surface area (Å²) in [6, 6.07) is 2.01. The van der Waals surface area contributed by atoms with Gasteiger partial charge in [0.2, 0.25) is 0 Å². The number of hydrogen-bond donors (Lipinski definition) is 0. The van der Waals surface area contributed by atoms with E-state index in [1.165, 1.54) is 4.88 Å². The Balaban J connectivity index is 2.35. The first kappa shape index (κ1) is 8.72. The van der Waals surface area contributed by atoms with Crippen LogP contribution in [0.2, 0.25) is 0 Å². The highest BCUT2D eigenvalue weighted by Crippen LogP contribution is 2.23.